The normalized spacial score (nSPS) is 19.3. The summed E-state index contributed by atoms with van der Waals surface area (Å²) < 4.78 is 17.7. The fourth-order valence-electron chi connectivity index (χ4n) is 3.23. The van der Waals surface area contributed by atoms with Gasteiger partial charge < -0.3 is 14.2 Å². The highest BCUT2D eigenvalue weighted by Crippen LogP contribution is 2.30. The first-order valence-electron chi connectivity index (χ1n) is 9.55. The van der Waals surface area contributed by atoms with Crippen molar-refractivity contribution in [1.29, 1.82) is 0 Å². The predicted octanol–water partition coefficient (Wildman–Crippen LogP) is 4.32. The molecule has 0 unspecified atom stereocenters. The summed E-state index contributed by atoms with van der Waals surface area (Å²) in [7, 11) is 0. The number of halogens is 1. The zero-order valence-corrected chi connectivity index (χ0v) is 18.6. The summed E-state index contributed by atoms with van der Waals surface area (Å²) in [5, 5.41) is 1.84. The molecule has 0 aliphatic carbocycles. The first-order valence-corrected chi connectivity index (χ1v) is 10.3. The van der Waals surface area contributed by atoms with Crippen LogP contribution < -0.4 is 4.74 Å². The predicted molar refractivity (Wildman–Crippen MR) is 112 cm³/mol. The number of aromatic nitrogens is 1. The van der Waals surface area contributed by atoms with Crippen molar-refractivity contribution in [3.05, 3.63) is 34.9 Å². The third kappa shape index (κ3) is 5.18. The fraction of sp³-hybridized carbons (Fsp3) is 0.476. The highest BCUT2D eigenvalue weighted by atomic mass is 79.9. The molecule has 0 saturated carbocycles. The number of esters is 1. The number of amides is 1. The van der Waals surface area contributed by atoms with E-state index in [1.165, 1.54) is 4.90 Å². The maximum Gasteiger partial charge on any atom is 0.411 e. The van der Waals surface area contributed by atoms with Gasteiger partial charge in [0, 0.05) is 22.5 Å². The van der Waals surface area contributed by atoms with Crippen LogP contribution in [0.25, 0.3) is 10.8 Å². The Balaban J connectivity index is 1.83. The number of nitrogens with zero attached hydrogens (tertiary/aromatic N) is 2. The Morgan fingerprint density at radius 2 is 2.03 bits per heavy atom. The van der Waals surface area contributed by atoms with Crippen molar-refractivity contribution in [2.75, 3.05) is 13.2 Å². The molecular formula is C21H25BrN2O5. The topological polar surface area (TPSA) is 78.0 Å². The first-order chi connectivity index (χ1) is 13.7. The third-order valence-corrected chi connectivity index (χ3v) is 4.91. The van der Waals surface area contributed by atoms with E-state index in [0.29, 0.717) is 12.3 Å². The molecule has 1 saturated heterocycles. The van der Waals surface area contributed by atoms with Gasteiger partial charge in [-0.05, 0) is 51.3 Å². The van der Waals surface area contributed by atoms with Gasteiger partial charge in [0.15, 0.2) is 0 Å². The zero-order valence-electron chi connectivity index (χ0n) is 17.0. The van der Waals surface area contributed by atoms with Crippen LogP contribution in [0.1, 0.15) is 34.1 Å². The summed E-state index contributed by atoms with van der Waals surface area (Å²) in [6, 6.07) is 7.00. The van der Waals surface area contributed by atoms with E-state index in [4.69, 9.17) is 14.2 Å². The van der Waals surface area contributed by atoms with Gasteiger partial charge in [0.25, 0.3) is 0 Å². The van der Waals surface area contributed by atoms with E-state index in [1.54, 1.807) is 33.9 Å². The lowest BCUT2D eigenvalue weighted by Gasteiger charge is -2.27. The van der Waals surface area contributed by atoms with Crippen LogP contribution in [0.4, 0.5) is 4.79 Å². The number of fused-ring (bicyclic) bond motifs is 1. The average molecular weight is 465 g/mol. The lowest BCUT2D eigenvalue weighted by Crippen LogP contribution is -2.44. The first kappa shape index (κ1) is 21.4. The number of carbonyl (C=O) groups excluding carboxylic acids is 2. The van der Waals surface area contributed by atoms with Gasteiger partial charge >= 0.3 is 12.1 Å². The van der Waals surface area contributed by atoms with Crippen LogP contribution in [0.2, 0.25) is 0 Å². The molecule has 8 heteroatoms. The summed E-state index contributed by atoms with van der Waals surface area (Å²) in [6.45, 7) is 7.54. The summed E-state index contributed by atoms with van der Waals surface area (Å²) in [6.07, 6.45) is 1.02. The molecule has 2 atom stereocenters. The van der Waals surface area contributed by atoms with Gasteiger partial charge in [0.05, 0.1) is 13.2 Å². The minimum atomic E-state index is -0.753. The summed E-state index contributed by atoms with van der Waals surface area (Å²) in [5.41, 5.74) is -0.668. The molecule has 1 fully saturated rings. The van der Waals surface area contributed by atoms with Gasteiger partial charge in [-0.25, -0.2) is 14.6 Å². The standard InChI is InChI=1S/C21H25BrN2O5/c1-5-27-19(25)17-11-15(12-24(17)20(26)29-21(2,3)4)28-18-16-10-14(22)7-6-13(16)8-9-23-18/h6-10,15,17H,5,11-12H2,1-4H3/t15-,17+/m1/s1. The number of rotatable bonds is 4. The second-order valence-corrected chi connectivity index (χ2v) is 8.77. The van der Waals surface area contributed by atoms with Crippen molar-refractivity contribution in [3.8, 4) is 5.88 Å². The monoisotopic (exact) mass is 464 g/mol. The van der Waals surface area contributed by atoms with Crippen molar-refractivity contribution in [2.45, 2.75) is 51.9 Å². The van der Waals surface area contributed by atoms with Crippen LogP contribution in [0.15, 0.2) is 34.9 Å². The second-order valence-electron chi connectivity index (χ2n) is 7.86. The molecule has 0 spiro atoms. The van der Waals surface area contributed by atoms with E-state index >= 15 is 0 Å². The number of hydrogen-bond donors (Lipinski definition) is 0. The molecule has 1 aromatic heterocycles. The van der Waals surface area contributed by atoms with E-state index in [0.717, 1.165) is 15.2 Å². The molecule has 1 aromatic carbocycles. The molecule has 0 radical (unpaired) electrons. The molecule has 2 heterocycles. The van der Waals surface area contributed by atoms with Gasteiger partial charge in [-0.15, -0.1) is 0 Å². The van der Waals surface area contributed by atoms with Gasteiger partial charge in [-0.1, -0.05) is 22.0 Å². The fourth-order valence-corrected chi connectivity index (χ4v) is 3.59. The molecule has 7 nitrogen and oxygen atoms in total. The van der Waals surface area contributed by atoms with Gasteiger partial charge in [-0.2, -0.15) is 0 Å². The minimum absolute atomic E-state index is 0.213. The van der Waals surface area contributed by atoms with E-state index in [-0.39, 0.29) is 13.2 Å². The molecular weight excluding hydrogens is 440 g/mol. The molecule has 0 N–H and O–H groups in total. The van der Waals surface area contributed by atoms with Crippen LogP contribution in [0.3, 0.4) is 0 Å². The van der Waals surface area contributed by atoms with E-state index in [2.05, 4.69) is 20.9 Å². The molecule has 1 aliphatic rings. The Hall–Kier alpha value is -2.35. The largest absolute Gasteiger partial charge is 0.472 e. The maximum atomic E-state index is 12.7. The van der Waals surface area contributed by atoms with Crippen LogP contribution in [0.5, 0.6) is 5.88 Å². The van der Waals surface area contributed by atoms with Crippen LogP contribution >= 0.6 is 15.9 Å². The Morgan fingerprint density at radius 1 is 1.28 bits per heavy atom. The van der Waals surface area contributed by atoms with E-state index in [9.17, 15) is 9.59 Å². The number of hydrogen-bond acceptors (Lipinski definition) is 6. The second kappa shape index (κ2) is 8.57. The molecule has 29 heavy (non-hydrogen) atoms. The number of benzene rings is 1. The Kier molecular flexibility index (Phi) is 6.31. The molecule has 0 bridgehead atoms. The number of pyridine rings is 1. The van der Waals surface area contributed by atoms with E-state index < -0.39 is 29.8 Å². The number of ether oxygens (including phenoxy) is 3. The summed E-state index contributed by atoms with van der Waals surface area (Å²) >= 11 is 3.47. The molecule has 2 aromatic rings. The smallest absolute Gasteiger partial charge is 0.411 e. The lowest BCUT2D eigenvalue weighted by atomic mass is 10.1. The van der Waals surface area contributed by atoms with Crippen LogP contribution in [0, 0.1) is 0 Å². The highest BCUT2D eigenvalue weighted by Gasteiger charge is 2.43. The average Bonchev–Trinajstić information content (AvgIpc) is 3.05. The quantitative estimate of drug-likeness (QED) is 0.626. The Morgan fingerprint density at radius 3 is 2.72 bits per heavy atom. The summed E-state index contributed by atoms with van der Waals surface area (Å²) in [4.78, 5) is 30.8. The SMILES string of the molecule is CCOC(=O)[C@@H]1C[C@@H](Oc2nccc3ccc(Br)cc23)CN1C(=O)OC(C)(C)C. The Labute approximate surface area is 178 Å². The zero-order chi connectivity index (χ0) is 21.2. The third-order valence-electron chi connectivity index (χ3n) is 4.42. The van der Waals surface area contributed by atoms with Crippen molar-refractivity contribution >= 4 is 38.8 Å². The number of carbonyl (C=O) groups is 2. The minimum Gasteiger partial charge on any atom is -0.472 e. The lowest BCUT2D eigenvalue weighted by molar-refractivity contribution is -0.148. The van der Waals surface area contributed by atoms with Crippen molar-refractivity contribution in [3.63, 3.8) is 0 Å². The molecule has 3 rings (SSSR count). The molecule has 1 aliphatic heterocycles. The Bertz CT molecular complexity index is 912. The van der Waals surface area contributed by atoms with Gasteiger partial charge in [0.2, 0.25) is 5.88 Å². The van der Waals surface area contributed by atoms with Crippen molar-refractivity contribution < 1.29 is 23.8 Å². The van der Waals surface area contributed by atoms with Gasteiger partial charge in [0.1, 0.15) is 17.7 Å². The van der Waals surface area contributed by atoms with Crippen molar-refractivity contribution in [1.82, 2.24) is 9.88 Å². The van der Waals surface area contributed by atoms with Gasteiger partial charge in [-0.3, -0.25) is 4.90 Å². The maximum absolute atomic E-state index is 12.7. The number of likely N-dealkylation sites (tertiary alicyclic amines) is 1. The molecule has 1 amide bonds. The van der Waals surface area contributed by atoms with Crippen molar-refractivity contribution in [2.24, 2.45) is 0 Å². The summed E-state index contributed by atoms with van der Waals surface area (Å²) in [5.74, 6) is 0.000491. The van der Waals surface area contributed by atoms with Crippen LogP contribution in [-0.4, -0.2) is 52.8 Å². The highest BCUT2D eigenvalue weighted by molar-refractivity contribution is 9.10. The molecule has 156 valence electrons. The van der Waals surface area contributed by atoms with E-state index in [1.807, 2.05) is 24.3 Å². The van der Waals surface area contributed by atoms with Crippen LogP contribution in [-0.2, 0) is 14.3 Å².